The molecule has 0 saturated heterocycles. The number of aryl methyl sites for hydroxylation is 2. The van der Waals surface area contributed by atoms with Crippen LogP contribution in [0.1, 0.15) is 25.9 Å². The SMILES string of the molecule is Cc1ccc(C(=O)CSc2n[nH]c(COc3ccccc3C)n2)s1. The number of carbonyl (C=O) groups excluding carboxylic acids is 1. The molecule has 5 nitrogen and oxygen atoms in total. The van der Waals surface area contributed by atoms with Crippen LogP contribution in [0.4, 0.5) is 0 Å². The van der Waals surface area contributed by atoms with Crippen molar-refractivity contribution in [2.75, 3.05) is 5.75 Å². The second-order valence-electron chi connectivity index (χ2n) is 5.24. The molecule has 0 radical (unpaired) electrons. The Balaban J connectivity index is 1.52. The van der Waals surface area contributed by atoms with E-state index in [2.05, 4.69) is 15.2 Å². The first-order valence-corrected chi connectivity index (χ1v) is 9.24. The average Bonchev–Trinajstić information content (AvgIpc) is 3.21. The van der Waals surface area contributed by atoms with E-state index in [0.717, 1.165) is 21.1 Å². The number of hydrogen-bond donors (Lipinski definition) is 1. The minimum atomic E-state index is 0.0978. The van der Waals surface area contributed by atoms with Crippen molar-refractivity contribution in [3.8, 4) is 5.75 Å². The number of nitrogens with one attached hydrogen (secondary N) is 1. The third-order valence-corrected chi connectivity index (χ3v) is 5.21. The zero-order valence-electron chi connectivity index (χ0n) is 13.4. The number of ether oxygens (including phenoxy) is 1. The molecule has 2 heterocycles. The zero-order chi connectivity index (χ0) is 16.9. The molecular formula is C17H17N3O2S2. The van der Waals surface area contributed by atoms with E-state index < -0.39 is 0 Å². The highest BCUT2D eigenvalue weighted by molar-refractivity contribution is 7.99. The molecule has 0 saturated carbocycles. The Morgan fingerprint density at radius 3 is 2.83 bits per heavy atom. The van der Waals surface area contributed by atoms with Crippen LogP contribution in [0.15, 0.2) is 41.6 Å². The summed E-state index contributed by atoms with van der Waals surface area (Å²) in [6.07, 6.45) is 0. The van der Waals surface area contributed by atoms with Gasteiger partial charge < -0.3 is 4.74 Å². The van der Waals surface area contributed by atoms with E-state index in [1.807, 2.05) is 50.2 Å². The number of aromatic nitrogens is 3. The fraction of sp³-hybridized carbons (Fsp3) is 0.235. The van der Waals surface area contributed by atoms with Crippen molar-refractivity contribution >= 4 is 28.9 Å². The van der Waals surface area contributed by atoms with E-state index in [0.29, 0.717) is 23.3 Å². The number of ketones is 1. The monoisotopic (exact) mass is 359 g/mol. The summed E-state index contributed by atoms with van der Waals surface area (Å²) in [6.45, 7) is 4.30. The Bertz CT molecular complexity index is 842. The lowest BCUT2D eigenvalue weighted by molar-refractivity contribution is 0.102. The van der Waals surface area contributed by atoms with Crippen LogP contribution in [0.5, 0.6) is 5.75 Å². The van der Waals surface area contributed by atoms with E-state index >= 15 is 0 Å². The van der Waals surface area contributed by atoms with Crippen molar-refractivity contribution in [1.29, 1.82) is 0 Å². The summed E-state index contributed by atoms with van der Waals surface area (Å²) in [5.74, 6) is 1.89. The summed E-state index contributed by atoms with van der Waals surface area (Å²) in [5.41, 5.74) is 1.07. The molecule has 3 aromatic rings. The van der Waals surface area contributed by atoms with Crippen molar-refractivity contribution in [3.05, 3.63) is 57.5 Å². The molecule has 0 fully saturated rings. The standard InChI is InChI=1S/C17H17N3O2S2/c1-11-5-3-4-6-14(11)22-9-16-18-17(20-19-16)23-10-13(21)15-8-7-12(2)24-15/h3-8H,9-10H2,1-2H3,(H,18,19,20). The van der Waals surface area contributed by atoms with Gasteiger partial charge in [-0.05, 0) is 37.6 Å². The predicted molar refractivity (Wildman–Crippen MR) is 96.0 cm³/mol. The van der Waals surface area contributed by atoms with Gasteiger partial charge in [0, 0.05) is 4.88 Å². The van der Waals surface area contributed by atoms with E-state index in [9.17, 15) is 4.79 Å². The third-order valence-electron chi connectivity index (χ3n) is 3.32. The first-order chi connectivity index (χ1) is 11.6. The van der Waals surface area contributed by atoms with Crippen LogP contribution in [0.3, 0.4) is 0 Å². The number of carbonyl (C=O) groups is 1. The molecule has 24 heavy (non-hydrogen) atoms. The fourth-order valence-corrected chi connectivity index (χ4v) is 3.65. The Morgan fingerprint density at radius 2 is 2.08 bits per heavy atom. The summed E-state index contributed by atoms with van der Waals surface area (Å²) >= 11 is 2.84. The molecule has 0 atom stereocenters. The van der Waals surface area contributed by atoms with Gasteiger partial charge in [-0.3, -0.25) is 9.89 Å². The Morgan fingerprint density at radius 1 is 1.25 bits per heavy atom. The van der Waals surface area contributed by atoms with Crippen molar-refractivity contribution in [1.82, 2.24) is 15.2 Å². The Kier molecular flexibility index (Phi) is 5.32. The number of benzene rings is 1. The molecule has 0 unspecified atom stereocenters. The number of nitrogens with zero attached hydrogens (tertiary/aromatic N) is 2. The second-order valence-corrected chi connectivity index (χ2v) is 7.47. The van der Waals surface area contributed by atoms with Crippen molar-refractivity contribution in [3.63, 3.8) is 0 Å². The smallest absolute Gasteiger partial charge is 0.208 e. The molecular weight excluding hydrogens is 342 g/mol. The van der Waals surface area contributed by atoms with Crippen molar-refractivity contribution < 1.29 is 9.53 Å². The van der Waals surface area contributed by atoms with Crippen molar-refractivity contribution in [2.45, 2.75) is 25.6 Å². The van der Waals surface area contributed by atoms with E-state index in [-0.39, 0.29) is 5.78 Å². The van der Waals surface area contributed by atoms with Crippen LogP contribution in [-0.4, -0.2) is 26.7 Å². The fourth-order valence-electron chi connectivity index (χ4n) is 2.06. The number of para-hydroxylation sites is 1. The lowest BCUT2D eigenvalue weighted by Crippen LogP contribution is -2.00. The summed E-state index contributed by atoms with van der Waals surface area (Å²) in [6, 6.07) is 11.6. The molecule has 0 aliphatic heterocycles. The molecule has 2 aromatic heterocycles. The van der Waals surface area contributed by atoms with Gasteiger partial charge in [-0.2, -0.15) is 0 Å². The molecule has 0 spiro atoms. The topological polar surface area (TPSA) is 67.9 Å². The highest BCUT2D eigenvalue weighted by Gasteiger charge is 2.11. The highest BCUT2D eigenvalue weighted by Crippen LogP contribution is 2.21. The Hall–Kier alpha value is -2.12. The van der Waals surface area contributed by atoms with Crippen molar-refractivity contribution in [2.24, 2.45) is 0 Å². The predicted octanol–water partition coefficient (Wildman–Crippen LogP) is 4.04. The van der Waals surface area contributed by atoms with Gasteiger partial charge in [0.1, 0.15) is 12.4 Å². The number of thiophene rings is 1. The summed E-state index contributed by atoms with van der Waals surface area (Å²) in [4.78, 5) is 18.3. The number of H-pyrrole nitrogens is 1. The van der Waals surface area contributed by atoms with Crippen LogP contribution in [0.25, 0.3) is 0 Å². The molecule has 0 aliphatic rings. The maximum absolute atomic E-state index is 12.1. The summed E-state index contributed by atoms with van der Waals surface area (Å²) in [7, 11) is 0. The second kappa shape index (κ2) is 7.63. The van der Waals surface area contributed by atoms with Crippen LogP contribution < -0.4 is 4.74 Å². The number of Topliss-reactive ketones (excluding diaryl/α,β-unsaturated/α-hetero) is 1. The largest absolute Gasteiger partial charge is 0.485 e. The summed E-state index contributed by atoms with van der Waals surface area (Å²) in [5, 5.41) is 7.52. The molecule has 124 valence electrons. The van der Waals surface area contributed by atoms with Crippen LogP contribution in [0, 0.1) is 13.8 Å². The Labute approximate surface area is 148 Å². The lowest BCUT2D eigenvalue weighted by atomic mass is 10.2. The molecule has 7 heteroatoms. The lowest BCUT2D eigenvalue weighted by Gasteiger charge is -2.06. The molecule has 3 rings (SSSR count). The number of rotatable bonds is 7. The number of hydrogen-bond acceptors (Lipinski definition) is 6. The molecule has 1 N–H and O–H groups in total. The van der Waals surface area contributed by atoms with Crippen LogP contribution in [0.2, 0.25) is 0 Å². The average molecular weight is 359 g/mol. The summed E-state index contributed by atoms with van der Waals surface area (Å²) < 4.78 is 5.73. The number of aromatic amines is 1. The normalized spacial score (nSPS) is 10.8. The minimum absolute atomic E-state index is 0.0978. The first kappa shape index (κ1) is 16.7. The molecule has 0 aliphatic carbocycles. The molecule has 1 aromatic carbocycles. The molecule has 0 bridgehead atoms. The van der Waals surface area contributed by atoms with Gasteiger partial charge in [0.15, 0.2) is 11.6 Å². The maximum atomic E-state index is 12.1. The van der Waals surface area contributed by atoms with Gasteiger partial charge in [-0.1, -0.05) is 30.0 Å². The van der Waals surface area contributed by atoms with E-state index in [4.69, 9.17) is 4.74 Å². The van der Waals surface area contributed by atoms with Gasteiger partial charge in [0.05, 0.1) is 10.6 Å². The first-order valence-electron chi connectivity index (χ1n) is 7.44. The van der Waals surface area contributed by atoms with Gasteiger partial charge in [-0.25, -0.2) is 4.98 Å². The van der Waals surface area contributed by atoms with Crippen LogP contribution in [-0.2, 0) is 6.61 Å². The van der Waals surface area contributed by atoms with E-state index in [1.165, 1.54) is 23.1 Å². The van der Waals surface area contributed by atoms with Gasteiger partial charge >= 0.3 is 0 Å². The minimum Gasteiger partial charge on any atom is -0.485 e. The maximum Gasteiger partial charge on any atom is 0.208 e. The number of thioether (sulfide) groups is 1. The van der Waals surface area contributed by atoms with Gasteiger partial charge in [0.2, 0.25) is 5.16 Å². The highest BCUT2D eigenvalue weighted by atomic mass is 32.2. The van der Waals surface area contributed by atoms with Gasteiger partial charge in [-0.15, -0.1) is 16.4 Å². The molecule has 0 amide bonds. The van der Waals surface area contributed by atoms with Gasteiger partial charge in [0.25, 0.3) is 0 Å². The zero-order valence-corrected chi connectivity index (χ0v) is 15.0. The van der Waals surface area contributed by atoms with Crippen LogP contribution >= 0.6 is 23.1 Å². The third kappa shape index (κ3) is 4.24. The quantitative estimate of drug-likeness (QED) is 0.509. The van der Waals surface area contributed by atoms with E-state index in [1.54, 1.807) is 0 Å².